The van der Waals surface area contributed by atoms with Crippen molar-refractivity contribution in [3.8, 4) is 5.75 Å². The zero-order chi connectivity index (χ0) is 34.1. The average molecular weight is 667 g/mol. The van der Waals surface area contributed by atoms with Crippen molar-refractivity contribution in [2.45, 2.75) is 49.8 Å². The van der Waals surface area contributed by atoms with Crippen LogP contribution in [0, 0.1) is 5.92 Å². The Balaban J connectivity index is 1.56. The van der Waals surface area contributed by atoms with Crippen molar-refractivity contribution in [2.75, 3.05) is 38.7 Å². The summed E-state index contributed by atoms with van der Waals surface area (Å²) in [6.07, 6.45) is -2.40. The maximum atomic E-state index is 13.8. The van der Waals surface area contributed by atoms with Crippen LogP contribution in [0.25, 0.3) is 0 Å². The number of nitrogens with one attached hydrogen (secondary N) is 2. The molecule has 4 rings (SSSR count). The lowest BCUT2D eigenvalue weighted by Crippen LogP contribution is -2.53. The zero-order valence-corrected chi connectivity index (χ0v) is 27.8. The number of amides is 3. The Morgan fingerprint density at radius 3 is 2.40 bits per heavy atom. The Bertz CT molecular complexity index is 1640. The van der Waals surface area contributed by atoms with Gasteiger partial charge in [-0.25, -0.2) is 13.2 Å². The fourth-order valence-corrected chi connectivity index (χ4v) is 6.75. The van der Waals surface area contributed by atoms with Gasteiger partial charge >= 0.3 is 6.09 Å². The normalized spacial score (nSPS) is 16.7. The van der Waals surface area contributed by atoms with E-state index in [9.17, 15) is 27.9 Å². The van der Waals surface area contributed by atoms with Gasteiger partial charge in [-0.3, -0.25) is 14.5 Å². The number of anilines is 1. The zero-order valence-electron chi connectivity index (χ0n) is 27.0. The number of sulfonamides is 1. The third-order valence-corrected chi connectivity index (χ3v) is 9.99. The minimum absolute atomic E-state index is 0.0109. The molecule has 1 heterocycles. The fraction of sp³-hybridized carbons (Fsp3) is 0.382. The third-order valence-electron chi connectivity index (χ3n) is 8.14. The van der Waals surface area contributed by atoms with Gasteiger partial charge in [0.25, 0.3) is 11.8 Å². The number of benzene rings is 3. The van der Waals surface area contributed by atoms with Gasteiger partial charge in [-0.2, -0.15) is 4.31 Å². The number of carbonyl (C=O) groups is 3. The lowest BCUT2D eigenvalue weighted by atomic mass is 10.0. The molecule has 0 saturated carbocycles. The highest BCUT2D eigenvalue weighted by atomic mass is 32.2. The Hall–Kier alpha value is -4.46. The van der Waals surface area contributed by atoms with Crippen LogP contribution in [0.15, 0.2) is 83.8 Å². The van der Waals surface area contributed by atoms with Gasteiger partial charge in [0.05, 0.1) is 30.7 Å². The maximum Gasteiger partial charge on any atom is 0.415 e. The molecule has 1 aliphatic rings. The highest BCUT2D eigenvalue weighted by molar-refractivity contribution is 7.89. The number of cyclic esters (lactones) is 1. The first-order valence-electron chi connectivity index (χ1n) is 15.4. The van der Waals surface area contributed by atoms with E-state index in [-0.39, 0.29) is 42.8 Å². The van der Waals surface area contributed by atoms with Gasteiger partial charge < -0.3 is 25.2 Å². The summed E-state index contributed by atoms with van der Waals surface area (Å²) in [4.78, 5) is 39.8. The molecule has 0 aliphatic carbocycles. The standard InChI is InChI=1S/C34H42N4O8S/c1-5-23(2)20-37(47(43,44)28-16-14-27(45-4)15-17-28)21-30(39)29(18-24-10-7-6-8-11-24)36-33(41)31-22-38(34(42)46-31)26-13-9-12-25(19-26)32(40)35-3/h6-17,19,23,29-31,39H,5,18,20-22H2,1-4H3,(H,35,40)(H,36,41)/t23-,29?,30+,31?/m0/s1. The lowest BCUT2D eigenvalue weighted by Gasteiger charge is -2.31. The molecule has 0 spiro atoms. The van der Waals surface area contributed by atoms with Gasteiger partial charge in [0.1, 0.15) is 5.75 Å². The number of nitrogens with zero attached hydrogens (tertiary/aromatic N) is 2. The van der Waals surface area contributed by atoms with E-state index < -0.39 is 40.3 Å². The largest absolute Gasteiger partial charge is 0.497 e. The minimum atomic E-state index is -4.03. The monoisotopic (exact) mass is 666 g/mol. The molecule has 3 aromatic carbocycles. The maximum absolute atomic E-state index is 13.8. The second kappa shape index (κ2) is 15.9. The molecular weight excluding hydrogens is 624 g/mol. The second-order valence-corrected chi connectivity index (χ2v) is 13.4. The topological polar surface area (TPSA) is 155 Å². The molecule has 0 aromatic heterocycles. The van der Waals surface area contributed by atoms with Crippen molar-refractivity contribution in [1.82, 2.24) is 14.9 Å². The van der Waals surface area contributed by atoms with Crippen LogP contribution in [0.1, 0.15) is 36.2 Å². The van der Waals surface area contributed by atoms with Crippen LogP contribution in [0.5, 0.6) is 5.75 Å². The van der Waals surface area contributed by atoms with Gasteiger partial charge in [0.2, 0.25) is 10.0 Å². The Labute approximate surface area is 275 Å². The van der Waals surface area contributed by atoms with E-state index in [0.29, 0.717) is 23.4 Å². The van der Waals surface area contributed by atoms with Crippen LogP contribution in [0.4, 0.5) is 10.5 Å². The summed E-state index contributed by atoms with van der Waals surface area (Å²) in [5, 5.41) is 17.0. The van der Waals surface area contributed by atoms with Crippen LogP contribution in [0.2, 0.25) is 0 Å². The minimum Gasteiger partial charge on any atom is -0.497 e. The lowest BCUT2D eigenvalue weighted by molar-refractivity contribution is -0.129. The van der Waals surface area contributed by atoms with Crippen LogP contribution >= 0.6 is 0 Å². The number of carbonyl (C=O) groups excluding carboxylic acids is 3. The Morgan fingerprint density at radius 2 is 1.77 bits per heavy atom. The van der Waals surface area contributed by atoms with Crippen molar-refractivity contribution in [3.63, 3.8) is 0 Å². The molecule has 13 heteroatoms. The number of rotatable bonds is 15. The van der Waals surface area contributed by atoms with E-state index in [1.54, 1.807) is 30.3 Å². The van der Waals surface area contributed by atoms with Crippen LogP contribution in [-0.2, 0) is 26.0 Å². The van der Waals surface area contributed by atoms with Crippen molar-refractivity contribution in [3.05, 3.63) is 90.0 Å². The predicted octanol–water partition coefficient (Wildman–Crippen LogP) is 3.21. The molecule has 2 unspecified atom stereocenters. The summed E-state index contributed by atoms with van der Waals surface area (Å²) < 4.78 is 39.5. The number of hydrogen-bond donors (Lipinski definition) is 3. The quantitative estimate of drug-likeness (QED) is 0.224. The first-order chi connectivity index (χ1) is 22.5. The number of hydrogen-bond acceptors (Lipinski definition) is 8. The van der Waals surface area contributed by atoms with E-state index in [2.05, 4.69) is 10.6 Å². The molecule has 1 aliphatic heterocycles. The molecule has 4 atom stereocenters. The van der Waals surface area contributed by atoms with Crippen molar-refractivity contribution in [1.29, 1.82) is 0 Å². The van der Waals surface area contributed by atoms with E-state index in [1.807, 2.05) is 44.2 Å². The summed E-state index contributed by atoms with van der Waals surface area (Å²) in [5.41, 5.74) is 1.53. The molecule has 252 valence electrons. The average Bonchev–Trinajstić information content (AvgIpc) is 3.49. The van der Waals surface area contributed by atoms with Crippen molar-refractivity contribution in [2.24, 2.45) is 5.92 Å². The van der Waals surface area contributed by atoms with Crippen molar-refractivity contribution < 1.29 is 37.4 Å². The first-order valence-corrected chi connectivity index (χ1v) is 16.9. The number of aliphatic hydroxyl groups excluding tert-OH is 1. The number of ether oxygens (including phenoxy) is 2. The molecule has 0 bridgehead atoms. The molecule has 3 amide bonds. The molecular formula is C34H42N4O8S. The van der Waals surface area contributed by atoms with E-state index in [4.69, 9.17) is 9.47 Å². The predicted molar refractivity (Wildman–Crippen MR) is 177 cm³/mol. The van der Waals surface area contributed by atoms with Gasteiger partial charge in [0, 0.05) is 31.4 Å². The summed E-state index contributed by atoms with van der Waals surface area (Å²) >= 11 is 0. The Morgan fingerprint density at radius 1 is 1.06 bits per heavy atom. The van der Waals surface area contributed by atoms with E-state index >= 15 is 0 Å². The second-order valence-electron chi connectivity index (χ2n) is 11.5. The number of aliphatic hydroxyl groups is 1. The van der Waals surface area contributed by atoms with Gasteiger partial charge in [0.15, 0.2) is 6.10 Å². The summed E-state index contributed by atoms with van der Waals surface area (Å²) in [7, 11) is -1.04. The van der Waals surface area contributed by atoms with E-state index in [0.717, 1.165) is 5.56 Å². The van der Waals surface area contributed by atoms with Gasteiger partial charge in [-0.05, 0) is 60.4 Å². The molecule has 1 fully saturated rings. The number of methoxy groups -OCH3 is 1. The SMILES string of the molecule is CC[C@H](C)CN(C[C@@H](O)C(Cc1ccccc1)NC(=O)C1CN(c2cccc(C(=O)NC)c2)C(=O)O1)S(=O)(=O)c1ccc(OC)cc1. The highest BCUT2D eigenvalue weighted by Crippen LogP contribution is 2.25. The molecule has 3 aromatic rings. The van der Waals surface area contributed by atoms with Crippen molar-refractivity contribution >= 4 is 33.6 Å². The molecule has 47 heavy (non-hydrogen) atoms. The summed E-state index contributed by atoms with van der Waals surface area (Å²) in [6.45, 7) is 3.62. The van der Waals surface area contributed by atoms with Gasteiger partial charge in [-0.1, -0.05) is 56.7 Å². The fourth-order valence-electron chi connectivity index (χ4n) is 5.18. The van der Waals surface area contributed by atoms with Crippen LogP contribution in [-0.4, -0.2) is 87.8 Å². The smallest absolute Gasteiger partial charge is 0.415 e. The first kappa shape index (κ1) is 35.4. The van der Waals surface area contributed by atoms with Crippen LogP contribution in [0.3, 0.4) is 0 Å². The third kappa shape index (κ3) is 8.88. The molecule has 12 nitrogen and oxygen atoms in total. The molecule has 3 N–H and O–H groups in total. The summed E-state index contributed by atoms with van der Waals surface area (Å²) in [5.74, 6) is -0.478. The van der Waals surface area contributed by atoms with Gasteiger partial charge in [-0.15, -0.1) is 0 Å². The molecule has 0 radical (unpaired) electrons. The summed E-state index contributed by atoms with van der Waals surface area (Å²) in [6, 6.07) is 20.7. The van der Waals surface area contributed by atoms with Crippen LogP contribution < -0.4 is 20.3 Å². The van der Waals surface area contributed by atoms with E-state index in [1.165, 1.54) is 41.6 Å². The Kier molecular flexibility index (Phi) is 12.0. The highest BCUT2D eigenvalue weighted by Gasteiger charge is 2.39. The molecule has 1 saturated heterocycles.